The van der Waals surface area contributed by atoms with Crippen LogP contribution < -0.4 is 5.32 Å². The highest BCUT2D eigenvalue weighted by Crippen LogP contribution is 2.29. The van der Waals surface area contributed by atoms with Gasteiger partial charge in [0.15, 0.2) is 5.13 Å². The van der Waals surface area contributed by atoms with Crippen LogP contribution in [0.2, 0.25) is 0 Å². The summed E-state index contributed by atoms with van der Waals surface area (Å²) in [6.07, 6.45) is 0.902. The monoisotopic (exact) mass is 312 g/mol. The fourth-order valence-electron chi connectivity index (χ4n) is 1.75. The molecule has 1 aromatic carbocycles. The van der Waals surface area contributed by atoms with Gasteiger partial charge in [0, 0.05) is 25.5 Å². The van der Waals surface area contributed by atoms with E-state index < -0.39 is 11.6 Å². The molecule has 1 N–H and O–H groups in total. The number of anilines is 1. The second kappa shape index (κ2) is 7.24. The Labute approximate surface area is 124 Å². The summed E-state index contributed by atoms with van der Waals surface area (Å²) in [7, 11) is 1.56. The van der Waals surface area contributed by atoms with Gasteiger partial charge in [-0.15, -0.1) is 11.3 Å². The summed E-state index contributed by atoms with van der Waals surface area (Å²) >= 11 is 1.12. The van der Waals surface area contributed by atoms with Gasteiger partial charge in [-0.05, 0) is 18.6 Å². The van der Waals surface area contributed by atoms with Gasteiger partial charge in [0.25, 0.3) is 0 Å². The lowest BCUT2D eigenvalue weighted by Gasteiger charge is -2.02. The molecule has 1 aromatic heterocycles. The van der Waals surface area contributed by atoms with E-state index in [-0.39, 0.29) is 17.2 Å². The Balaban J connectivity index is 2.06. The topological polar surface area (TPSA) is 51.2 Å². The van der Waals surface area contributed by atoms with E-state index >= 15 is 0 Å². The van der Waals surface area contributed by atoms with Crippen molar-refractivity contribution < 1.29 is 18.3 Å². The molecule has 0 spiro atoms. The molecule has 0 fully saturated rings. The number of hydrogen-bond donors (Lipinski definition) is 1. The number of aromatic nitrogens is 1. The number of methoxy groups -OCH3 is 1. The minimum Gasteiger partial charge on any atom is -0.385 e. The average molecular weight is 312 g/mol. The number of thiazole rings is 1. The van der Waals surface area contributed by atoms with Crippen LogP contribution in [0.15, 0.2) is 23.6 Å². The van der Waals surface area contributed by atoms with Gasteiger partial charge in [0.05, 0.1) is 11.3 Å². The Morgan fingerprint density at radius 3 is 2.76 bits per heavy atom. The van der Waals surface area contributed by atoms with Gasteiger partial charge in [0.1, 0.15) is 11.6 Å². The van der Waals surface area contributed by atoms with Gasteiger partial charge in [-0.25, -0.2) is 13.8 Å². The normalized spacial score (nSPS) is 10.6. The number of ether oxygens (including phenoxy) is 1. The maximum Gasteiger partial charge on any atom is 0.226 e. The first-order valence-corrected chi connectivity index (χ1v) is 7.18. The zero-order valence-electron chi connectivity index (χ0n) is 11.4. The van der Waals surface area contributed by atoms with E-state index in [1.54, 1.807) is 7.11 Å². The molecule has 112 valence electrons. The van der Waals surface area contributed by atoms with Gasteiger partial charge in [0.2, 0.25) is 5.91 Å². The van der Waals surface area contributed by atoms with Crippen molar-refractivity contribution in [3.8, 4) is 11.3 Å². The van der Waals surface area contributed by atoms with Gasteiger partial charge in [-0.1, -0.05) is 6.07 Å². The molecule has 0 saturated heterocycles. The third kappa shape index (κ3) is 4.05. The maximum atomic E-state index is 13.6. The molecule has 2 rings (SSSR count). The summed E-state index contributed by atoms with van der Waals surface area (Å²) < 4.78 is 32.1. The van der Waals surface area contributed by atoms with Gasteiger partial charge >= 0.3 is 0 Å². The van der Waals surface area contributed by atoms with Crippen molar-refractivity contribution in [3.63, 3.8) is 0 Å². The molecule has 4 nitrogen and oxygen atoms in total. The van der Waals surface area contributed by atoms with Crippen molar-refractivity contribution in [3.05, 3.63) is 35.2 Å². The van der Waals surface area contributed by atoms with Crippen LogP contribution in [-0.4, -0.2) is 24.6 Å². The first-order valence-electron chi connectivity index (χ1n) is 6.30. The number of hydrogen-bond acceptors (Lipinski definition) is 4. The first-order chi connectivity index (χ1) is 10.1. The van der Waals surface area contributed by atoms with Crippen LogP contribution in [-0.2, 0) is 9.53 Å². The van der Waals surface area contributed by atoms with Crippen LogP contribution in [0.25, 0.3) is 11.3 Å². The minimum atomic E-state index is -0.682. The molecule has 0 unspecified atom stereocenters. The highest BCUT2D eigenvalue weighted by molar-refractivity contribution is 7.14. The standard InChI is InChI=1S/C14H14F2N2O2S/c1-20-7-3-6-12(19)18-14-17-11(8-21-14)13-9(15)4-2-5-10(13)16/h2,4-5,8H,3,6-7H2,1H3,(H,17,18,19). The summed E-state index contributed by atoms with van der Waals surface area (Å²) in [6, 6.07) is 3.63. The molecule has 2 aromatic rings. The van der Waals surface area contributed by atoms with Crippen LogP contribution in [0.3, 0.4) is 0 Å². The third-order valence-electron chi connectivity index (χ3n) is 2.72. The van der Waals surface area contributed by atoms with Gasteiger partial charge in [-0.2, -0.15) is 0 Å². The lowest BCUT2D eigenvalue weighted by molar-refractivity contribution is -0.116. The van der Waals surface area contributed by atoms with Crippen molar-refractivity contribution in [2.75, 3.05) is 19.0 Å². The predicted octanol–water partition coefficient (Wildman–Crippen LogP) is 3.45. The molecular formula is C14H14F2N2O2S. The van der Waals surface area contributed by atoms with E-state index in [1.165, 1.54) is 23.6 Å². The van der Waals surface area contributed by atoms with Crippen molar-refractivity contribution in [1.82, 2.24) is 4.98 Å². The smallest absolute Gasteiger partial charge is 0.226 e. The molecule has 0 aliphatic rings. The van der Waals surface area contributed by atoms with Crippen LogP contribution in [0.1, 0.15) is 12.8 Å². The van der Waals surface area contributed by atoms with Crippen LogP contribution in [0.5, 0.6) is 0 Å². The lowest BCUT2D eigenvalue weighted by Crippen LogP contribution is -2.11. The quantitative estimate of drug-likeness (QED) is 0.831. The number of halogens is 2. The van der Waals surface area contributed by atoms with Crippen molar-refractivity contribution in [2.24, 2.45) is 0 Å². The Hall–Kier alpha value is -1.86. The summed E-state index contributed by atoms with van der Waals surface area (Å²) in [5.74, 6) is -1.57. The summed E-state index contributed by atoms with van der Waals surface area (Å²) in [5, 5.41) is 4.42. The Morgan fingerprint density at radius 1 is 1.38 bits per heavy atom. The fraction of sp³-hybridized carbons (Fsp3) is 0.286. The van der Waals surface area contributed by atoms with E-state index in [2.05, 4.69) is 10.3 Å². The maximum absolute atomic E-state index is 13.6. The first kappa shape index (κ1) is 15.5. The SMILES string of the molecule is COCCCC(=O)Nc1nc(-c2c(F)cccc2F)cs1. The Kier molecular flexibility index (Phi) is 5.35. The van der Waals surface area contributed by atoms with E-state index in [0.29, 0.717) is 24.6 Å². The third-order valence-corrected chi connectivity index (χ3v) is 3.48. The second-order valence-electron chi connectivity index (χ2n) is 4.28. The van der Waals surface area contributed by atoms with Gasteiger partial charge in [-0.3, -0.25) is 4.79 Å². The lowest BCUT2D eigenvalue weighted by atomic mass is 10.1. The molecule has 0 saturated carbocycles. The number of carbonyl (C=O) groups excluding carboxylic acids is 1. The number of carbonyl (C=O) groups is 1. The van der Waals surface area contributed by atoms with Crippen LogP contribution in [0, 0.1) is 11.6 Å². The number of amides is 1. The summed E-state index contributed by atoms with van der Waals surface area (Å²) in [4.78, 5) is 15.7. The fourth-order valence-corrected chi connectivity index (χ4v) is 2.46. The molecule has 0 aliphatic heterocycles. The van der Waals surface area contributed by atoms with Crippen LogP contribution >= 0.6 is 11.3 Å². The molecular weight excluding hydrogens is 298 g/mol. The minimum absolute atomic E-state index is 0.169. The summed E-state index contributed by atoms with van der Waals surface area (Å²) in [5.41, 5.74) is -0.0172. The number of benzene rings is 1. The highest BCUT2D eigenvalue weighted by Gasteiger charge is 2.15. The second-order valence-corrected chi connectivity index (χ2v) is 5.14. The molecule has 1 amide bonds. The van der Waals surface area contributed by atoms with E-state index in [0.717, 1.165) is 11.3 Å². The van der Waals surface area contributed by atoms with E-state index in [1.807, 2.05) is 0 Å². The summed E-state index contributed by atoms with van der Waals surface area (Å²) in [6.45, 7) is 0.497. The average Bonchev–Trinajstić information content (AvgIpc) is 2.87. The molecule has 0 aliphatic carbocycles. The molecule has 1 heterocycles. The Bertz CT molecular complexity index is 611. The van der Waals surface area contributed by atoms with Crippen LogP contribution in [0.4, 0.5) is 13.9 Å². The Morgan fingerprint density at radius 2 is 2.10 bits per heavy atom. The number of nitrogens with one attached hydrogen (secondary N) is 1. The van der Waals surface area contributed by atoms with Crippen molar-refractivity contribution >= 4 is 22.4 Å². The largest absolute Gasteiger partial charge is 0.385 e. The molecule has 0 radical (unpaired) electrons. The molecule has 0 atom stereocenters. The van der Waals surface area contributed by atoms with E-state index in [9.17, 15) is 13.6 Å². The van der Waals surface area contributed by atoms with Crippen molar-refractivity contribution in [2.45, 2.75) is 12.8 Å². The molecule has 21 heavy (non-hydrogen) atoms. The zero-order valence-corrected chi connectivity index (χ0v) is 12.2. The van der Waals surface area contributed by atoms with E-state index in [4.69, 9.17) is 4.74 Å². The predicted molar refractivity (Wildman–Crippen MR) is 77.2 cm³/mol. The van der Waals surface area contributed by atoms with Gasteiger partial charge < -0.3 is 10.1 Å². The molecule has 7 heteroatoms. The zero-order chi connectivity index (χ0) is 15.2. The van der Waals surface area contributed by atoms with Crippen molar-refractivity contribution in [1.29, 1.82) is 0 Å². The number of nitrogens with zero attached hydrogens (tertiary/aromatic N) is 1. The highest BCUT2D eigenvalue weighted by atomic mass is 32.1. The number of rotatable bonds is 6. The molecule has 0 bridgehead atoms.